The monoisotopic (exact) mass is 574 g/mol. The van der Waals surface area contributed by atoms with Gasteiger partial charge in [-0.2, -0.15) is 0 Å². The van der Waals surface area contributed by atoms with Crippen LogP contribution in [0.2, 0.25) is 0 Å². The van der Waals surface area contributed by atoms with Crippen molar-refractivity contribution in [2.24, 2.45) is 28.9 Å². The number of rotatable bonds is 12. The molecular formula is C31H50N4O6. The van der Waals surface area contributed by atoms with Gasteiger partial charge in [-0.15, -0.1) is 0 Å². The summed E-state index contributed by atoms with van der Waals surface area (Å²) in [5.74, 6) is -2.27. The molecule has 0 heterocycles. The minimum absolute atomic E-state index is 0.385. The van der Waals surface area contributed by atoms with Crippen LogP contribution in [0, 0.1) is 12.8 Å². The largest absolute Gasteiger partial charge is 0.480 e. The van der Waals surface area contributed by atoms with Crippen molar-refractivity contribution >= 4 is 17.9 Å². The number of allylic oxidation sites excluding steroid dienone is 1. The average molecular weight is 575 g/mol. The number of carbonyl (C=O) groups is 3. The van der Waals surface area contributed by atoms with E-state index in [0.29, 0.717) is 25.3 Å². The third-order valence-electron chi connectivity index (χ3n) is 5.80. The molecule has 2 aromatic rings. The fourth-order valence-corrected chi connectivity index (χ4v) is 2.84. The first-order valence-corrected chi connectivity index (χ1v) is 13.5. The Labute approximate surface area is 244 Å². The first kappa shape index (κ1) is 39.6. The predicted molar refractivity (Wildman–Crippen MR) is 164 cm³/mol. The zero-order valence-corrected chi connectivity index (χ0v) is 24.8. The van der Waals surface area contributed by atoms with Gasteiger partial charge < -0.3 is 38.3 Å². The van der Waals surface area contributed by atoms with Crippen molar-refractivity contribution in [3.63, 3.8) is 0 Å². The highest BCUT2D eigenvalue weighted by Crippen LogP contribution is 2.15. The second-order valence-electron chi connectivity index (χ2n) is 9.93. The zero-order chi connectivity index (χ0) is 32.0. The molecule has 0 unspecified atom stereocenters. The summed E-state index contributed by atoms with van der Waals surface area (Å²) in [6, 6.07) is 15.8. The van der Waals surface area contributed by atoms with Crippen LogP contribution in [0.5, 0.6) is 0 Å². The first-order valence-electron chi connectivity index (χ1n) is 13.5. The van der Waals surface area contributed by atoms with Gasteiger partial charge in [0.15, 0.2) is 0 Å². The summed E-state index contributed by atoms with van der Waals surface area (Å²) in [4.78, 5) is 30.1. The van der Waals surface area contributed by atoms with Crippen LogP contribution in [0.4, 0.5) is 0 Å². The molecule has 0 spiro atoms. The zero-order valence-electron chi connectivity index (χ0n) is 24.8. The van der Waals surface area contributed by atoms with Gasteiger partial charge in [-0.25, -0.2) is 0 Å². The van der Waals surface area contributed by atoms with Gasteiger partial charge >= 0.3 is 17.9 Å². The van der Waals surface area contributed by atoms with Crippen molar-refractivity contribution in [3.05, 3.63) is 83.4 Å². The molecule has 0 radical (unpaired) electrons. The molecule has 2 rings (SSSR count). The van der Waals surface area contributed by atoms with Crippen LogP contribution in [-0.2, 0) is 27.2 Å². The van der Waals surface area contributed by atoms with Crippen LogP contribution < -0.4 is 22.9 Å². The number of carboxylic acid groups (broad SMARTS) is 3. The number of aryl methyl sites for hydroxylation is 1. The topological polar surface area (TPSA) is 216 Å². The van der Waals surface area contributed by atoms with Crippen LogP contribution in [0.3, 0.4) is 0 Å². The molecule has 0 fully saturated rings. The highest BCUT2D eigenvalue weighted by atomic mass is 16.4. The highest BCUT2D eigenvalue weighted by Gasteiger charge is 2.11. The van der Waals surface area contributed by atoms with Crippen molar-refractivity contribution in [1.82, 2.24) is 0 Å². The van der Waals surface area contributed by atoms with Gasteiger partial charge in [0.05, 0.1) is 0 Å². The van der Waals surface area contributed by atoms with Crippen LogP contribution in [0.25, 0.3) is 0 Å². The van der Waals surface area contributed by atoms with Crippen molar-refractivity contribution < 1.29 is 29.7 Å². The van der Waals surface area contributed by atoms with Gasteiger partial charge in [-0.3, -0.25) is 14.4 Å². The van der Waals surface area contributed by atoms with E-state index in [1.165, 1.54) is 23.6 Å². The fourth-order valence-electron chi connectivity index (χ4n) is 2.84. The molecule has 0 aromatic heterocycles. The van der Waals surface area contributed by atoms with E-state index in [1.54, 1.807) is 0 Å². The normalized spacial score (nSPS) is 12.8. The second-order valence-corrected chi connectivity index (χ2v) is 9.93. The molecular weight excluding hydrogens is 524 g/mol. The van der Waals surface area contributed by atoms with Crippen molar-refractivity contribution in [1.29, 1.82) is 0 Å². The SMILES string of the molecule is C=C(C)[C@@H](C)Cc1ccc(C)cc1.C[C@H](N)C(=O)O.NCCCC[C@H](N)C(=O)O.N[C@@H](Cc1ccccc1)C(=O)O. The van der Waals surface area contributed by atoms with Crippen LogP contribution in [0.1, 0.15) is 56.7 Å². The molecule has 4 atom stereocenters. The van der Waals surface area contributed by atoms with E-state index in [0.717, 1.165) is 24.8 Å². The minimum Gasteiger partial charge on any atom is -0.480 e. The Morgan fingerprint density at radius 2 is 1.22 bits per heavy atom. The lowest BCUT2D eigenvalue weighted by molar-refractivity contribution is -0.139. The number of benzene rings is 2. The lowest BCUT2D eigenvalue weighted by Gasteiger charge is -2.10. The van der Waals surface area contributed by atoms with Gasteiger partial charge in [0.25, 0.3) is 0 Å². The number of nitrogens with two attached hydrogens (primary N) is 4. The number of carboxylic acids is 3. The Kier molecular flexibility index (Phi) is 22.4. The Balaban J connectivity index is 0. The highest BCUT2D eigenvalue weighted by molar-refractivity contribution is 5.73. The molecule has 0 bridgehead atoms. The number of unbranched alkanes of at least 4 members (excludes halogenated alkanes) is 1. The molecule has 11 N–H and O–H groups in total. The third kappa shape index (κ3) is 22.9. The molecule has 230 valence electrons. The Morgan fingerprint density at radius 1 is 0.756 bits per heavy atom. The van der Waals surface area contributed by atoms with E-state index in [9.17, 15) is 14.4 Å². The summed E-state index contributed by atoms with van der Waals surface area (Å²) in [7, 11) is 0. The fraction of sp³-hybridized carbons (Fsp3) is 0.452. The van der Waals surface area contributed by atoms with Crippen molar-refractivity contribution in [2.75, 3.05) is 6.54 Å². The molecule has 0 aliphatic heterocycles. The second kappa shape index (κ2) is 23.2. The van der Waals surface area contributed by atoms with Gasteiger partial charge in [-0.1, -0.05) is 85.7 Å². The molecule has 41 heavy (non-hydrogen) atoms. The van der Waals surface area contributed by atoms with E-state index in [1.807, 2.05) is 30.3 Å². The van der Waals surface area contributed by atoms with Crippen molar-refractivity contribution in [2.45, 2.75) is 77.9 Å². The summed E-state index contributed by atoms with van der Waals surface area (Å²) >= 11 is 0. The van der Waals surface area contributed by atoms with Crippen LogP contribution in [0.15, 0.2) is 66.7 Å². The van der Waals surface area contributed by atoms with E-state index in [2.05, 4.69) is 51.6 Å². The van der Waals surface area contributed by atoms with Crippen LogP contribution >= 0.6 is 0 Å². The molecule has 0 aliphatic carbocycles. The Morgan fingerprint density at radius 3 is 1.61 bits per heavy atom. The smallest absolute Gasteiger partial charge is 0.320 e. The predicted octanol–water partition coefficient (Wildman–Crippen LogP) is 3.34. The lowest BCUT2D eigenvalue weighted by atomic mass is 9.95. The van der Waals surface area contributed by atoms with Gasteiger partial charge in [-0.05, 0) is 70.0 Å². The van der Waals surface area contributed by atoms with E-state index in [4.69, 9.17) is 38.3 Å². The summed E-state index contributed by atoms with van der Waals surface area (Å²) in [6.45, 7) is 12.4. The van der Waals surface area contributed by atoms with Gasteiger partial charge in [0.1, 0.15) is 18.1 Å². The summed E-state index contributed by atoms with van der Waals surface area (Å²) < 4.78 is 0. The molecule has 0 amide bonds. The minimum atomic E-state index is -0.963. The maximum absolute atomic E-state index is 10.4. The maximum atomic E-state index is 10.4. The first-order chi connectivity index (χ1) is 19.1. The molecule has 0 aliphatic rings. The summed E-state index contributed by atoms with van der Waals surface area (Å²) in [5, 5.41) is 24.7. The van der Waals surface area contributed by atoms with E-state index >= 15 is 0 Å². The molecule has 0 saturated heterocycles. The lowest BCUT2D eigenvalue weighted by Crippen LogP contribution is -2.32. The average Bonchev–Trinajstić information content (AvgIpc) is 2.91. The molecule has 2 aromatic carbocycles. The Hall–Kier alpha value is -3.57. The maximum Gasteiger partial charge on any atom is 0.320 e. The quantitative estimate of drug-likeness (QED) is 0.145. The number of aliphatic carboxylic acids is 3. The summed E-state index contributed by atoms with van der Waals surface area (Å²) in [5.41, 5.74) is 25.5. The third-order valence-corrected chi connectivity index (χ3v) is 5.80. The number of hydrogen-bond donors (Lipinski definition) is 7. The molecule has 0 saturated carbocycles. The number of hydrogen-bond acceptors (Lipinski definition) is 7. The van der Waals surface area contributed by atoms with Gasteiger partial charge in [0, 0.05) is 0 Å². The summed E-state index contributed by atoms with van der Waals surface area (Å²) in [6.07, 6.45) is 3.66. The van der Waals surface area contributed by atoms with Crippen LogP contribution in [-0.4, -0.2) is 57.9 Å². The van der Waals surface area contributed by atoms with E-state index in [-0.39, 0.29) is 0 Å². The van der Waals surface area contributed by atoms with Crippen molar-refractivity contribution in [3.8, 4) is 0 Å². The van der Waals surface area contributed by atoms with E-state index < -0.39 is 36.0 Å². The molecule has 10 heteroatoms. The van der Waals surface area contributed by atoms with Gasteiger partial charge in [0.2, 0.25) is 0 Å². The standard InChI is InChI=1S/C13H18.C9H11NO2.C6H14N2O2.C3H7NO2/c1-10(2)12(4)9-13-7-5-11(3)6-8-13;10-8(9(11)12)6-7-4-2-1-3-5-7;7-4-2-1-3-5(8)6(9)10;1-2(4)3(5)6/h5-8,12H,1,9H2,2-4H3;1-5,8H,6,10H2,(H,11,12);5H,1-4,7-8H2,(H,9,10);2H,4H2,1H3,(H,5,6)/t12-;8-;5-;2-/m0000/s1. The molecule has 10 nitrogen and oxygen atoms in total. The Bertz CT molecular complexity index is 1010.